The standard InChI is InChI=1S/C11H20N2O5S2/c1-8(7-18-4)13(5-6-17-3)20(15,16)10-9(2)12-11(14)19-10/h8H,5-7H2,1-4H3,(H,12,14). The van der Waals surface area contributed by atoms with Crippen LogP contribution in [-0.2, 0) is 19.5 Å². The summed E-state index contributed by atoms with van der Waals surface area (Å²) in [5.41, 5.74) is 0.354. The minimum absolute atomic E-state index is 0.0431. The fraction of sp³-hybridized carbons (Fsp3) is 0.727. The van der Waals surface area contributed by atoms with Gasteiger partial charge < -0.3 is 14.5 Å². The monoisotopic (exact) mass is 324 g/mol. The summed E-state index contributed by atoms with van der Waals surface area (Å²) in [7, 11) is -0.727. The molecule has 0 aliphatic rings. The summed E-state index contributed by atoms with van der Waals surface area (Å²) in [6.07, 6.45) is 0. The second-order valence-electron chi connectivity index (χ2n) is 4.34. The molecule has 0 aliphatic heterocycles. The molecule has 0 amide bonds. The summed E-state index contributed by atoms with van der Waals surface area (Å²) < 4.78 is 36.6. The van der Waals surface area contributed by atoms with Crippen LogP contribution < -0.4 is 4.87 Å². The van der Waals surface area contributed by atoms with Gasteiger partial charge in [0, 0.05) is 32.5 Å². The molecule has 1 unspecified atom stereocenters. The molecule has 7 nitrogen and oxygen atoms in total. The third-order valence-electron chi connectivity index (χ3n) is 2.74. The van der Waals surface area contributed by atoms with Gasteiger partial charge in [-0.15, -0.1) is 0 Å². The first-order chi connectivity index (χ1) is 9.34. The SMILES string of the molecule is COCCN(C(C)COC)S(=O)(=O)c1sc(=O)[nH]c1C. The van der Waals surface area contributed by atoms with E-state index in [4.69, 9.17) is 9.47 Å². The van der Waals surface area contributed by atoms with Gasteiger partial charge in [-0.05, 0) is 13.8 Å². The molecule has 0 saturated heterocycles. The third kappa shape index (κ3) is 3.89. The highest BCUT2D eigenvalue weighted by Crippen LogP contribution is 2.23. The first kappa shape index (κ1) is 17.3. The van der Waals surface area contributed by atoms with Crippen LogP contribution in [-0.4, -0.2) is 57.7 Å². The molecule has 0 saturated carbocycles. The van der Waals surface area contributed by atoms with Crippen LogP contribution in [0.15, 0.2) is 9.00 Å². The number of hydrogen-bond acceptors (Lipinski definition) is 6. The Labute approximate surface area is 122 Å². The van der Waals surface area contributed by atoms with Crippen LogP contribution in [0.3, 0.4) is 0 Å². The number of aromatic nitrogens is 1. The van der Waals surface area contributed by atoms with Gasteiger partial charge in [-0.3, -0.25) is 4.79 Å². The number of aromatic amines is 1. The number of ether oxygens (including phenoxy) is 2. The molecule has 1 atom stereocenters. The van der Waals surface area contributed by atoms with Crippen molar-refractivity contribution in [3.8, 4) is 0 Å². The van der Waals surface area contributed by atoms with E-state index in [0.29, 0.717) is 17.0 Å². The summed E-state index contributed by atoms with van der Waals surface area (Å²) in [4.78, 5) is 13.4. The van der Waals surface area contributed by atoms with E-state index in [-0.39, 0.29) is 34.9 Å². The Bertz CT molecular complexity index is 578. The first-order valence-corrected chi connectivity index (χ1v) is 8.29. The zero-order valence-corrected chi connectivity index (χ0v) is 13.6. The molecule has 1 aromatic rings. The van der Waals surface area contributed by atoms with Crippen LogP contribution in [0.1, 0.15) is 12.6 Å². The number of nitrogens with one attached hydrogen (secondary N) is 1. The lowest BCUT2D eigenvalue weighted by Gasteiger charge is -2.27. The van der Waals surface area contributed by atoms with Crippen molar-refractivity contribution in [3.63, 3.8) is 0 Å². The summed E-state index contributed by atoms with van der Waals surface area (Å²) >= 11 is 0.696. The molecule has 0 aliphatic carbocycles. The number of H-pyrrole nitrogens is 1. The van der Waals surface area contributed by atoms with Gasteiger partial charge in [0.2, 0.25) is 0 Å². The summed E-state index contributed by atoms with van der Waals surface area (Å²) in [6.45, 7) is 4.06. The lowest BCUT2D eigenvalue weighted by molar-refractivity contribution is 0.119. The first-order valence-electron chi connectivity index (χ1n) is 6.04. The van der Waals surface area contributed by atoms with Crippen molar-refractivity contribution in [3.05, 3.63) is 15.4 Å². The Hall–Kier alpha value is -0.740. The lowest BCUT2D eigenvalue weighted by atomic mass is 10.3. The van der Waals surface area contributed by atoms with Crippen LogP contribution in [0.5, 0.6) is 0 Å². The minimum Gasteiger partial charge on any atom is -0.383 e. The van der Waals surface area contributed by atoms with E-state index in [2.05, 4.69) is 4.98 Å². The van der Waals surface area contributed by atoms with Gasteiger partial charge in [0.05, 0.1) is 13.2 Å². The number of rotatable bonds is 8. The highest BCUT2D eigenvalue weighted by atomic mass is 32.2. The zero-order chi connectivity index (χ0) is 15.3. The lowest BCUT2D eigenvalue weighted by Crippen LogP contribution is -2.42. The molecule has 1 rings (SSSR count). The smallest absolute Gasteiger partial charge is 0.305 e. The molecule has 1 N–H and O–H groups in total. The van der Waals surface area contributed by atoms with Crippen molar-refractivity contribution in [1.82, 2.24) is 9.29 Å². The quantitative estimate of drug-likeness (QED) is 0.748. The average molecular weight is 324 g/mol. The molecular weight excluding hydrogens is 304 g/mol. The number of thiazole rings is 1. The Morgan fingerprint density at radius 2 is 2.00 bits per heavy atom. The average Bonchev–Trinajstić information content (AvgIpc) is 2.69. The predicted molar refractivity (Wildman–Crippen MR) is 76.8 cm³/mol. The highest BCUT2D eigenvalue weighted by molar-refractivity contribution is 7.91. The predicted octanol–water partition coefficient (Wildman–Crippen LogP) is 0.417. The van der Waals surface area contributed by atoms with Crippen LogP contribution in [0.25, 0.3) is 0 Å². The Morgan fingerprint density at radius 3 is 2.45 bits per heavy atom. The number of methoxy groups -OCH3 is 2. The summed E-state index contributed by atoms with van der Waals surface area (Å²) in [5.74, 6) is 0. The molecule has 1 aromatic heterocycles. The van der Waals surface area contributed by atoms with Crippen LogP contribution in [0.4, 0.5) is 0 Å². The number of nitrogens with zero attached hydrogens (tertiary/aromatic N) is 1. The Balaban J connectivity index is 3.16. The fourth-order valence-corrected chi connectivity index (χ4v) is 4.84. The number of sulfonamides is 1. The van der Waals surface area contributed by atoms with Gasteiger partial charge >= 0.3 is 4.87 Å². The van der Waals surface area contributed by atoms with Crippen molar-refractivity contribution in [1.29, 1.82) is 0 Å². The van der Waals surface area contributed by atoms with Gasteiger partial charge in [0.1, 0.15) is 0 Å². The van der Waals surface area contributed by atoms with E-state index < -0.39 is 10.0 Å². The number of aryl methyl sites for hydroxylation is 1. The third-order valence-corrected chi connectivity index (χ3v) is 6.34. The fourth-order valence-electron chi connectivity index (χ4n) is 1.83. The van der Waals surface area contributed by atoms with Crippen molar-refractivity contribution in [2.45, 2.75) is 24.1 Å². The van der Waals surface area contributed by atoms with Crippen LogP contribution in [0, 0.1) is 6.92 Å². The molecule has 0 aromatic carbocycles. The van der Waals surface area contributed by atoms with Gasteiger partial charge in [-0.1, -0.05) is 11.3 Å². The largest absolute Gasteiger partial charge is 0.383 e. The molecule has 0 radical (unpaired) electrons. The van der Waals surface area contributed by atoms with Crippen LogP contribution >= 0.6 is 11.3 Å². The topological polar surface area (TPSA) is 88.7 Å². The Kier molecular flexibility index (Phi) is 6.34. The van der Waals surface area contributed by atoms with E-state index in [1.165, 1.54) is 18.5 Å². The zero-order valence-electron chi connectivity index (χ0n) is 12.0. The molecule has 0 bridgehead atoms. The number of hydrogen-bond donors (Lipinski definition) is 1. The molecule has 20 heavy (non-hydrogen) atoms. The van der Waals surface area contributed by atoms with Gasteiger partial charge in [-0.25, -0.2) is 8.42 Å². The molecule has 116 valence electrons. The summed E-state index contributed by atoms with van der Waals surface area (Å²) in [6, 6.07) is -0.350. The van der Waals surface area contributed by atoms with E-state index in [9.17, 15) is 13.2 Å². The van der Waals surface area contributed by atoms with E-state index in [1.54, 1.807) is 13.8 Å². The van der Waals surface area contributed by atoms with Gasteiger partial charge in [0.15, 0.2) is 4.21 Å². The minimum atomic E-state index is -3.74. The van der Waals surface area contributed by atoms with Crippen LogP contribution in [0.2, 0.25) is 0 Å². The van der Waals surface area contributed by atoms with Crippen molar-refractivity contribution < 1.29 is 17.9 Å². The highest BCUT2D eigenvalue weighted by Gasteiger charge is 2.32. The second kappa shape index (κ2) is 7.32. The second-order valence-corrected chi connectivity index (χ2v) is 7.41. The van der Waals surface area contributed by atoms with Gasteiger partial charge in [0.25, 0.3) is 10.0 Å². The molecule has 0 spiro atoms. The summed E-state index contributed by atoms with van der Waals surface area (Å²) in [5, 5.41) is 0. The molecular formula is C11H20N2O5S2. The molecule has 1 heterocycles. The van der Waals surface area contributed by atoms with Crippen molar-refractivity contribution in [2.75, 3.05) is 34.0 Å². The maximum Gasteiger partial charge on any atom is 0.305 e. The normalized spacial score (nSPS) is 13.8. The Morgan fingerprint density at radius 1 is 1.35 bits per heavy atom. The van der Waals surface area contributed by atoms with E-state index in [1.807, 2.05) is 0 Å². The van der Waals surface area contributed by atoms with Crippen molar-refractivity contribution in [2.24, 2.45) is 0 Å². The van der Waals surface area contributed by atoms with Gasteiger partial charge in [-0.2, -0.15) is 4.31 Å². The molecule has 0 fully saturated rings. The van der Waals surface area contributed by atoms with E-state index >= 15 is 0 Å². The van der Waals surface area contributed by atoms with E-state index in [0.717, 1.165) is 0 Å². The van der Waals surface area contributed by atoms with Crippen molar-refractivity contribution >= 4 is 21.4 Å². The maximum absolute atomic E-state index is 12.7. The molecule has 9 heteroatoms. The maximum atomic E-state index is 12.7.